The number of nitrogens with one attached hydrogen (secondary N) is 1. The number of rotatable bonds is 5. The van der Waals surface area contributed by atoms with Crippen LogP contribution in [0, 0.1) is 15.9 Å². The van der Waals surface area contributed by atoms with Crippen molar-refractivity contribution in [3.05, 3.63) is 64.0 Å². The van der Waals surface area contributed by atoms with E-state index in [1.807, 2.05) is 0 Å². The molecule has 0 saturated carbocycles. The predicted molar refractivity (Wildman–Crippen MR) is 76.9 cm³/mol. The van der Waals surface area contributed by atoms with Gasteiger partial charge in [0.2, 0.25) is 0 Å². The van der Waals surface area contributed by atoms with E-state index in [1.165, 1.54) is 36.0 Å². The number of hydrogen-bond acceptors (Lipinski definition) is 5. The quantitative estimate of drug-likeness (QED) is 0.382. The van der Waals surface area contributed by atoms with E-state index in [0.717, 1.165) is 4.90 Å². The largest absolute Gasteiger partial charge is 0.324 e. The van der Waals surface area contributed by atoms with Crippen LogP contribution in [-0.4, -0.2) is 4.92 Å². The average molecular weight is 293 g/mol. The minimum atomic E-state index is -0.462. The lowest BCUT2D eigenvalue weighted by Crippen LogP contribution is -2.09. The lowest BCUT2D eigenvalue weighted by Gasteiger charge is -2.08. The van der Waals surface area contributed by atoms with Gasteiger partial charge in [0.1, 0.15) is 5.82 Å². The fourth-order valence-electron chi connectivity index (χ4n) is 1.67. The van der Waals surface area contributed by atoms with Gasteiger partial charge in [0.15, 0.2) is 0 Å². The summed E-state index contributed by atoms with van der Waals surface area (Å²) in [6.45, 7) is 0. The summed E-state index contributed by atoms with van der Waals surface area (Å²) in [4.78, 5) is 11.1. The van der Waals surface area contributed by atoms with Gasteiger partial charge in [-0.1, -0.05) is 6.07 Å². The molecule has 0 fully saturated rings. The van der Waals surface area contributed by atoms with Crippen molar-refractivity contribution in [2.45, 2.75) is 10.6 Å². The summed E-state index contributed by atoms with van der Waals surface area (Å²) in [5.74, 6) is 5.52. The topological polar surface area (TPSA) is 81.2 Å². The molecule has 0 aliphatic rings. The van der Waals surface area contributed by atoms with Gasteiger partial charge in [-0.05, 0) is 29.8 Å². The van der Waals surface area contributed by atoms with E-state index in [9.17, 15) is 14.5 Å². The molecule has 20 heavy (non-hydrogen) atoms. The van der Waals surface area contributed by atoms with Crippen LogP contribution in [0.1, 0.15) is 5.56 Å². The molecule has 0 heterocycles. The van der Waals surface area contributed by atoms with Crippen molar-refractivity contribution >= 4 is 23.1 Å². The smallest absolute Gasteiger partial charge is 0.269 e. The first-order valence-electron chi connectivity index (χ1n) is 5.72. The van der Waals surface area contributed by atoms with Crippen LogP contribution in [0.3, 0.4) is 0 Å². The maximum atomic E-state index is 13.1. The second-order valence-corrected chi connectivity index (χ2v) is 5.04. The molecule has 0 radical (unpaired) electrons. The second-order valence-electron chi connectivity index (χ2n) is 3.99. The van der Waals surface area contributed by atoms with E-state index < -0.39 is 4.92 Å². The molecule has 3 N–H and O–H groups in total. The molecule has 0 saturated heterocycles. The van der Waals surface area contributed by atoms with E-state index >= 15 is 0 Å². The number of nitrogens with two attached hydrogens (primary N) is 1. The first-order valence-corrected chi connectivity index (χ1v) is 6.71. The van der Waals surface area contributed by atoms with Crippen LogP contribution in [0.2, 0.25) is 0 Å². The Kier molecular flexibility index (Phi) is 4.54. The molecule has 0 unspecified atom stereocenters. The van der Waals surface area contributed by atoms with Crippen LogP contribution in [-0.2, 0) is 5.75 Å². The number of hydrazine groups is 1. The Morgan fingerprint density at radius 2 is 2.10 bits per heavy atom. The first-order chi connectivity index (χ1) is 9.60. The molecule has 0 aliphatic carbocycles. The van der Waals surface area contributed by atoms with Gasteiger partial charge in [0.25, 0.3) is 5.69 Å². The molecule has 7 heteroatoms. The summed E-state index contributed by atoms with van der Waals surface area (Å²) >= 11 is 1.38. The van der Waals surface area contributed by atoms with E-state index in [-0.39, 0.29) is 11.5 Å². The number of nitrogen functional groups attached to an aromatic ring is 1. The third-order valence-corrected chi connectivity index (χ3v) is 3.69. The predicted octanol–water partition coefficient (Wildman–Crippen LogP) is 3.31. The summed E-state index contributed by atoms with van der Waals surface area (Å²) in [6, 6.07) is 10.6. The zero-order valence-corrected chi connectivity index (χ0v) is 11.2. The fraction of sp³-hybridized carbons (Fsp3) is 0.0769. The monoisotopic (exact) mass is 293 g/mol. The molecule has 5 nitrogen and oxygen atoms in total. The Labute approximate surface area is 119 Å². The molecule has 104 valence electrons. The Morgan fingerprint density at radius 3 is 2.75 bits per heavy atom. The fourth-order valence-corrected chi connectivity index (χ4v) is 2.60. The lowest BCUT2D eigenvalue weighted by atomic mass is 10.2. The number of anilines is 1. The van der Waals surface area contributed by atoms with Gasteiger partial charge >= 0.3 is 0 Å². The molecule has 0 amide bonds. The maximum absolute atomic E-state index is 13.1. The highest BCUT2D eigenvalue weighted by atomic mass is 32.2. The molecule has 2 aromatic carbocycles. The van der Waals surface area contributed by atoms with Gasteiger partial charge in [0, 0.05) is 22.8 Å². The van der Waals surface area contributed by atoms with Crippen LogP contribution in [0.15, 0.2) is 47.4 Å². The van der Waals surface area contributed by atoms with Crippen molar-refractivity contribution in [3.63, 3.8) is 0 Å². The van der Waals surface area contributed by atoms with Crippen molar-refractivity contribution in [2.75, 3.05) is 5.43 Å². The van der Waals surface area contributed by atoms with Gasteiger partial charge in [-0.15, -0.1) is 11.8 Å². The van der Waals surface area contributed by atoms with Gasteiger partial charge in [-0.25, -0.2) is 4.39 Å². The second kappa shape index (κ2) is 6.36. The van der Waals surface area contributed by atoms with Crippen molar-refractivity contribution in [2.24, 2.45) is 5.84 Å². The molecule has 0 atom stereocenters. The number of benzene rings is 2. The molecule has 0 aromatic heterocycles. The minimum Gasteiger partial charge on any atom is -0.324 e. The summed E-state index contributed by atoms with van der Waals surface area (Å²) in [6.07, 6.45) is 0. The van der Waals surface area contributed by atoms with Crippen LogP contribution in [0.5, 0.6) is 0 Å². The number of nitro benzene ring substituents is 1. The highest BCUT2D eigenvalue weighted by Crippen LogP contribution is 2.29. The van der Waals surface area contributed by atoms with E-state index in [2.05, 4.69) is 5.43 Å². The van der Waals surface area contributed by atoms with Crippen molar-refractivity contribution < 1.29 is 9.31 Å². The highest BCUT2D eigenvalue weighted by Gasteiger charge is 2.10. The van der Waals surface area contributed by atoms with E-state index in [1.54, 1.807) is 18.2 Å². The van der Waals surface area contributed by atoms with Gasteiger partial charge < -0.3 is 5.43 Å². The van der Waals surface area contributed by atoms with E-state index in [0.29, 0.717) is 17.0 Å². The maximum Gasteiger partial charge on any atom is 0.269 e. The Balaban J connectivity index is 2.19. The van der Waals surface area contributed by atoms with Crippen molar-refractivity contribution in [3.8, 4) is 0 Å². The third kappa shape index (κ3) is 3.46. The van der Waals surface area contributed by atoms with Crippen molar-refractivity contribution in [1.29, 1.82) is 0 Å². The summed E-state index contributed by atoms with van der Waals surface area (Å²) in [5.41, 5.74) is 3.80. The Hall–Kier alpha value is -2.12. The summed E-state index contributed by atoms with van der Waals surface area (Å²) in [5, 5.41) is 10.8. The average Bonchev–Trinajstić information content (AvgIpc) is 2.44. The molecule has 0 aliphatic heterocycles. The SMILES string of the molecule is NNc1ccc([N+](=O)[O-])cc1CSc1cccc(F)c1. The molecular weight excluding hydrogens is 281 g/mol. The molecule has 2 rings (SSSR count). The van der Waals surface area contributed by atoms with Crippen LogP contribution < -0.4 is 11.3 Å². The molecule has 2 aromatic rings. The number of nitro groups is 1. The number of hydrogen-bond donors (Lipinski definition) is 2. The van der Waals surface area contributed by atoms with Gasteiger partial charge in [-0.2, -0.15) is 0 Å². The summed E-state index contributed by atoms with van der Waals surface area (Å²) in [7, 11) is 0. The van der Waals surface area contributed by atoms with Crippen LogP contribution in [0.4, 0.5) is 15.8 Å². The van der Waals surface area contributed by atoms with Crippen LogP contribution >= 0.6 is 11.8 Å². The van der Waals surface area contributed by atoms with Crippen LogP contribution in [0.25, 0.3) is 0 Å². The zero-order valence-electron chi connectivity index (χ0n) is 10.4. The van der Waals surface area contributed by atoms with Gasteiger partial charge in [-0.3, -0.25) is 16.0 Å². The third-order valence-electron chi connectivity index (χ3n) is 2.65. The van der Waals surface area contributed by atoms with Gasteiger partial charge in [0.05, 0.1) is 10.6 Å². The number of halogens is 1. The molecule has 0 bridgehead atoms. The molecule has 0 spiro atoms. The van der Waals surface area contributed by atoms with E-state index in [4.69, 9.17) is 5.84 Å². The Morgan fingerprint density at radius 1 is 1.30 bits per heavy atom. The summed E-state index contributed by atoms with van der Waals surface area (Å²) < 4.78 is 13.1. The minimum absolute atomic E-state index is 0.00107. The number of thioether (sulfide) groups is 1. The zero-order chi connectivity index (χ0) is 14.5. The number of nitrogens with zero attached hydrogens (tertiary/aromatic N) is 1. The Bertz CT molecular complexity index is 637. The normalized spacial score (nSPS) is 10.3. The van der Waals surface area contributed by atoms with Crippen molar-refractivity contribution in [1.82, 2.24) is 0 Å². The number of non-ortho nitro benzene ring substituents is 1. The lowest BCUT2D eigenvalue weighted by molar-refractivity contribution is -0.384. The standard InChI is InChI=1S/C13H12FN3O2S/c14-10-2-1-3-12(7-10)20-8-9-6-11(17(18)19)4-5-13(9)16-15/h1-7,16H,8,15H2. The molecular formula is C13H12FN3O2S. The first kappa shape index (κ1) is 14.3. The highest BCUT2D eigenvalue weighted by molar-refractivity contribution is 7.98.